The van der Waals surface area contributed by atoms with E-state index in [2.05, 4.69) is 26.6 Å². The van der Waals surface area contributed by atoms with E-state index in [-0.39, 0.29) is 75.0 Å². The van der Waals surface area contributed by atoms with Crippen molar-refractivity contribution >= 4 is 41.7 Å². The maximum Gasteiger partial charge on any atom is 0.503 e. The molecule has 0 spiro atoms. The molecular formula is C45H86N6O14. The van der Waals surface area contributed by atoms with Crippen LogP contribution in [0.3, 0.4) is 0 Å². The summed E-state index contributed by atoms with van der Waals surface area (Å²) in [6.45, 7) is 10.1. The number of esters is 1. The monoisotopic (exact) mass is 935 g/mol. The molecule has 0 saturated heterocycles. The van der Waals surface area contributed by atoms with Crippen LogP contribution in [0.1, 0.15) is 136 Å². The number of unbranched alkanes of at least 4 members (excludes halogenated alkanes) is 11. The fourth-order valence-electron chi connectivity index (χ4n) is 5.75. The predicted molar refractivity (Wildman–Crippen MR) is 246 cm³/mol. The summed E-state index contributed by atoms with van der Waals surface area (Å²) >= 11 is 0. The van der Waals surface area contributed by atoms with Crippen LogP contribution in [0.5, 0.6) is 0 Å². The van der Waals surface area contributed by atoms with Gasteiger partial charge >= 0.3 is 12.1 Å². The van der Waals surface area contributed by atoms with Gasteiger partial charge in [-0.2, -0.15) is 0 Å². The lowest BCUT2D eigenvalue weighted by Gasteiger charge is -2.19. The molecule has 380 valence electrons. The lowest BCUT2D eigenvalue weighted by Crippen LogP contribution is -2.34. The molecule has 7 N–H and O–H groups in total. The maximum atomic E-state index is 12.1. The van der Waals surface area contributed by atoms with E-state index in [0.29, 0.717) is 84.6 Å². The third kappa shape index (κ3) is 56.0. The van der Waals surface area contributed by atoms with Crippen molar-refractivity contribution in [2.45, 2.75) is 142 Å². The van der Waals surface area contributed by atoms with Crippen molar-refractivity contribution in [3.63, 3.8) is 0 Å². The second-order valence-corrected chi connectivity index (χ2v) is 16.7. The molecule has 0 aromatic heterocycles. The van der Waals surface area contributed by atoms with Gasteiger partial charge in [0, 0.05) is 65.0 Å². The lowest BCUT2D eigenvalue weighted by atomic mass is 10.0. The molecule has 0 aliphatic rings. The van der Waals surface area contributed by atoms with Crippen LogP contribution in [0.15, 0.2) is 0 Å². The summed E-state index contributed by atoms with van der Waals surface area (Å²) in [7, 11) is 3.86. The zero-order valence-electron chi connectivity index (χ0n) is 40.4. The summed E-state index contributed by atoms with van der Waals surface area (Å²) in [4.78, 5) is 81.9. The smallest absolute Gasteiger partial charge is 0.460 e. The second kappa shape index (κ2) is 45.1. The standard InChI is InChI=1S/C44H84N6O11.CH2O3/c1-44(2,3)61-43(56)23-17-15-13-11-9-7-6-8-10-12-14-16-20-38(51)45-24-18-21-39(52)46-25-19-22-40(53)48-27-30-57-32-35-60-37-42(55)49-28-31-58-33-34-59-36-41(54)47-26-29-50(4)5;2-1(3)4/h6-37H2,1-5H3,(H,45,51)(H,46,52)(H,47,54)(H,48,53)(H,49,55);(H2,2,3,4). The van der Waals surface area contributed by atoms with Gasteiger partial charge in [0.05, 0.1) is 39.6 Å². The Morgan fingerprint density at radius 1 is 0.415 bits per heavy atom. The highest BCUT2D eigenvalue weighted by molar-refractivity contribution is 5.78. The summed E-state index contributed by atoms with van der Waals surface area (Å²) < 4.78 is 26.7. The molecular weight excluding hydrogens is 849 g/mol. The normalized spacial score (nSPS) is 11.0. The van der Waals surface area contributed by atoms with E-state index in [1.807, 2.05) is 39.8 Å². The Morgan fingerprint density at radius 2 is 0.738 bits per heavy atom. The summed E-state index contributed by atoms with van der Waals surface area (Å²) in [5, 5.41) is 27.9. The van der Waals surface area contributed by atoms with Crippen molar-refractivity contribution in [3.8, 4) is 0 Å². The van der Waals surface area contributed by atoms with E-state index in [4.69, 9.17) is 38.7 Å². The molecule has 0 aromatic carbocycles. The minimum atomic E-state index is -1.83. The Balaban J connectivity index is 0. The molecule has 0 aliphatic carbocycles. The first-order chi connectivity index (χ1) is 31.0. The van der Waals surface area contributed by atoms with Crippen LogP contribution in [0.25, 0.3) is 0 Å². The van der Waals surface area contributed by atoms with Gasteiger partial charge in [0.2, 0.25) is 29.5 Å². The summed E-state index contributed by atoms with van der Waals surface area (Å²) in [6.07, 6.45) is 14.6. The topological polar surface area (TPSA) is 269 Å². The zero-order valence-corrected chi connectivity index (χ0v) is 40.4. The molecule has 0 rings (SSSR count). The molecule has 20 nitrogen and oxygen atoms in total. The minimum Gasteiger partial charge on any atom is -0.460 e. The Hall–Kier alpha value is -4.11. The highest BCUT2D eigenvalue weighted by Gasteiger charge is 2.15. The van der Waals surface area contributed by atoms with Crippen molar-refractivity contribution in [2.75, 3.05) is 106 Å². The van der Waals surface area contributed by atoms with E-state index in [9.17, 15) is 28.8 Å². The highest BCUT2D eigenvalue weighted by Crippen LogP contribution is 2.14. The molecule has 0 unspecified atom stereocenters. The van der Waals surface area contributed by atoms with Gasteiger partial charge in [0.1, 0.15) is 18.8 Å². The number of carbonyl (C=O) groups excluding carboxylic acids is 6. The minimum absolute atomic E-state index is 0.0214. The number of hydrogen-bond donors (Lipinski definition) is 7. The SMILES string of the molecule is CN(C)CCNC(=O)COCCOCCNC(=O)COCCOCCNC(=O)CCCNC(=O)CCCNC(=O)CCCCCCCCCCCCCCC(=O)OC(C)(C)C.O=C(O)O. The first-order valence-corrected chi connectivity index (χ1v) is 23.4. The third-order valence-corrected chi connectivity index (χ3v) is 8.99. The number of hydrogen-bond acceptors (Lipinski definition) is 13. The first kappa shape index (κ1) is 63.0. The fraction of sp³-hybridized carbons (Fsp3) is 0.844. The number of carboxylic acid groups (broad SMARTS) is 2. The van der Waals surface area contributed by atoms with Crippen LogP contribution >= 0.6 is 0 Å². The molecule has 0 radical (unpaired) electrons. The van der Waals surface area contributed by atoms with Crippen LogP contribution in [-0.4, -0.2) is 169 Å². The summed E-state index contributed by atoms with van der Waals surface area (Å²) in [6, 6.07) is 0. The lowest BCUT2D eigenvalue weighted by molar-refractivity contribution is -0.155. The maximum absolute atomic E-state index is 12.1. The number of carbonyl (C=O) groups is 7. The highest BCUT2D eigenvalue weighted by atomic mass is 16.6. The van der Waals surface area contributed by atoms with Gasteiger partial charge in [-0.3, -0.25) is 28.8 Å². The van der Waals surface area contributed by atoms with Crippen LogP contribution in [0.2, 0.25) is 0 Å². The average molecular weight is 935 g/mol. The molecule has 0 fully saturated rings. The molecule has 5 amide bonds. The number of nitrogens with one attached hydrogen (secondary N) is 5. The summed E-state index contributed by atoms with van der Waals surface area (Å²) in [5.41, 5.74) is -0.401. The Labute approximate surface area is 388 Å². The van der Waals surface area contributed by atoms with Gasteiger partial charge in [0.25, 0.3) is 0 Å². The quantitative estimate of drug-likeness (QED) is 0.0339. The first-order valence-electron chi connectivity index (χ1n) is 23.4. The molecule has 0 saturated carbocycles. The molecule has 0 heterocycles. The molecule has 0 aromatic rings. The number of amides is 5. The number of nitrogens with zero attached hydrogens (tertiary/aromatic N) is 1. The summed E-state index contributed by atoms with van der Waals surface area (Å²) in [5.74, 6) is -0.735. The molecule has 0 atom stereocenters. The van der Waals surface area contributed by atoms with Gasteiger partial charge in [0.15, 0.2) is 0 Å². The molecule has 65 heavy (non-hydrogen) atoms. The van der Waals surface area contributed by atoms with E-state index >= 15 is 0 Å². The van der Waals surface area contributed by atoms with E-state index in [0.717, 1.165) is 38.6 Å². The number of ether oxygens (including phenoxy) is 5. The van der Waals surface area contributed by atoms with Crippen molar-refractivity contribution < 1.29 is 67.5 Å². The molecule has 0 bridgehead atoms. The predicted octanol–water partition coefficient (Wildman–Crippen LogP) is 3.78. The van der Waals surface area contributed by atoms with E-state index < -0.39 is 11.8 Å². The Morgan fingerprint density at radius 3 is 1.14 bits per heavy atom. The second-order valence-electron chi connectivity index (χ2n) is 16.7. The van der Waals surface area contributed by atoms with Crippen LogP contribution in [0.4, 0.5) is 4.79 Å². The largest absolute Gasteiger partial charge is 0.503 e. The van der Waals surface area contributed by atoms with Gasteiger partial charge in [-0.1, -0.05) is 64.2 Å². The van der Waals surface area contributed by atoms with Gasteiger partial charge < -0.3 is 65.4 Å². The molecule has 20 heteroatoms. The number of rotatable bonds is 42. The average Bonchev–Trinajstić information content (AvgIpc) is 3.22. The van der Waals surface area contributed by atoms with Gasteiger partial charge in [-0.05, 0) is 60.5 Å². The van der Waals surface area contributed by atoms with Crippen LogP contribution in [-0.2, 0) is 52.5 Å². The van der Waals surface area contributed by atoms with Gasteiger partial charge in [-0.25, -0.2) is 4.79 Å². The van der Waals surface area contributed by atoms with Gasteiger partial charge in [-0.15, -0.1) is 0 Å². The van der Waals surface area contributed by atoms with E-state index in [1.54, 1.807) is 0 Å². The number of likely N-dealkylation sites (N-methyl/N-ethyl adjacent to an activating group) is 1. The Bertz CT molecular complexity index is 1250. The van der Waals surface area contributed by atoms with Crippen molar-refractivity contribution in [1.82, 2.24) is 31.5 Å². The van der Waals surface area contributed by atoms with Crippen molar-refractivity contribution in [2.24, 2.45) is 0 Å². The van der Waals surface area contributed by atoms with Crippen molar-refractivity contribution in [1.29, 1.82) is 0 Å². The zero-order chi connectivity index (χ0) is 48.8. The fourth-order valence-corrected chi connectivity index (χ4v) is 5.75. The molecule has 0 aliphatic heterocycles. The van der Waals surface area contributed by atoms with Crippen LogP contribution < -0.4 is 26.6 Å². The third-order valence-electron chi connectivity index (χ3n) is 8.99. The van der Waals surface area contributed by atoms with Crippen LogP contribution in [0, 0.1) is 0 Å². The Kier molecular flexibility index (Phi) is 43.7. The van der Waals surface area contributed by atoms with E-state index in [1.165, 1.54) is 44.9 Å². The van der Waals surface area contributed by atoms with Crippen molar-refractivity contribution in [3.05, 3.63) is 0 Å².